The van der Waals surface area contributed by atoms with E-state index in [1.165, 1.54) is 19.1 Å². The number of likely N-dealkylation sites (N-methyl/N-ethyl adjacent to an activating group) is 1. The largest absolute Gasteiger partial charge is 0.399 e. The van der Waals surface area contributed by atoms with Crippen molar-refractivity contribution >= 4 is 15.7 Å². The molecule has 0 aliphatic rings. The van der Waals surface area contributed by atoms with Crippen molar-refractivity contribution in [2.75, 3.05) is 18.8 Å². The molecule has 1 rings (SSSR count). The Morgan fingerprint density at radius 2 is 2.11 bits per heavy atom. The van der Waals surface area contributed by atoms with E-state index in [4.69, 9.17) is 5.73 Å². The quantitative estimate of drug-likeness (QED) is 0.658. The molecule has 0 unspecified atom stereocenters. The van der Waals surface area contributed by atoms with E-state index in [0.29, 0.717) is 0 Å². The Morgan fingerprint density at radius 3 is 2.61 bits per heavy atom. The summed E-state index contributed by atoms with van der Waals surface area (Å²) in [5.41, 5.74) is 6.01. The van der Waals surface area contributed by atoms with Crippen LogP contribution in [0.5, 0.6) is 0 Å². The van der Waals surface area contributed by atoms with E-state index in [2.05, 4.69) is 6.58 Å². The van der Waals surface area contributed by atoms with Gasteiger partial charge in [0.2, 0.25) is 10.0 Å². The van der Waals surface area contributed by atoms with Crippen LogP contribution in [0.2, 0.25) is 0 Å². The zero-order chi connectivity index (χ0) is 13.9. The highest BCUT2D eigenvalue weighted by Gasteiger charge is 2.26. The van der Waals surface area contributed by atoms with Crippen molar-refractivity contribution in [1.29, 1.82) is 0 Å². The molecule has 18 heavy (non-hydrogen) atoms. The van der Waals surface area contributed by atoms with Gasteiger partial charge in [-0.05, 0) is 24.6 Å². The third-order valence-corrected chi connectivity index (χ3v) is 4.49. The standard InChI is InChI=1S/C12H17FN2O2S/c1-4-6-15(5-2)18(16,17)11-8-10(14)7-9(3)12(11)13/h4,7-8H,1,5-6,14H2,2-3H3. The average molecular weight is 272 g/mol. The summed E-state index contributed by atoms with van der Waals surface area (Å²) >= 11 is 0. The number of hydrogen-bond donors (Lipinski definition) is 1. The van der Waals surface area contributed by atoms with Crippen LogP contribution in [0.4, 0.5) is 10.1 Å². The number of nitrogens with two attached hydrogens (primary N) is 1. The molecule has 0 aliphatic carbocycles. The first-order valence-electron chi connectivity index (χ1n) is 5.51. The maximum atomic E-state index is 13.9. The van der Waals surface area contributed by atoms with E-state index < -0.39 is 15.8 Å². The van der Waals surface area contributed by atoms with Crippen molar-refractivity contribution < 1.29 is 12.8 Å². The van der Waals surface area contributed by atoms with E-state index in [9.17, 15) is 12.8 Å². The second-order valence-electron chi connectivity index (χ2n) is 3.89. The molecule has 1 aromatic carbocycles. The van der Waals surface area contributed by atoms with Crippen molar-refractivity contribution in [3.05, 3.63) is 36.2 Å². The molecule has 0 atom stereocenters. The molecule has 0 aliphatic heterocycles. The summed E-state index contributed by atoms with van der Waals surface area (Å²) in [4.78, 5) is -0.385. The lowest BCUT2D eigenvalue weighted by molar-refractivity contribution is 0.453. The fourth-order valence-electron chi connectivity index (χ4n) is 1.63. The molecule has 4 nitrogen and oxygen atoms in total. The van der Waals surface area contributed by atoms with Gasteiger partial charge in [0.05, 0.1) is 0 Å². The van der Waals surface area contributed by atoms with Crippen molar-refractivity contribution in [3.63, 3.8) is 0 Å². The Hall–Kier alpha value is -1.40. The number of anilines is 1. The molecular formula is C12H17FN2O2S. The minimum Gasteiger partial charge on any atom is -0.399 e. The Morgan fingerprint density at radius 1 is 1.50 bits per heavy atom. The topological polar surface area (TPSA) is 63.4 Å². The van der Waals surface area contributed by atoms with Gasteiger partial charge in [0.15, 0.2) is 0 Å². The monoisotopic (exact) mass is 272 g/mol. The van der Waals surface area contributed by atoms with E-state index in [1.54, 1.807) is 6.92 Å². The zero-order valence-electron chi connectivity index (χ0n) is 10.5. The zero-order valence-corrected chi connectivity index (χ0v) is 11.3. The summed E-state index contributed by atoms with van der Waals surface area (Å²) in [6.07, 6.45) is 1.46. The Bertz CT molecular complexity index is 555. The summed E-state index contributed by atoms with van der Waals surface area (Å²) in [6, 6.07) is 2.54. The van der Waals surface area contributed by atoms with E-state index in [0.717, 1.165) is 10.4 Å². The maximum Gasteiger partial charge on any atom is 0.246 e. The highest BCUT2D eigenvalue weighted by atomic mass is 32.2. The molecule has 0 saturated heterocycles. The minimum atomic E-state index is -3.88. The lowest BCUT2D eigenvalue weighted by atomic mass is 10.2. The van der Waals surface area contributed by atoms with Crippen LogP contribution in [0.3, 0.4) is 0 Å². The van der Waals surface area contributed by atoms with Gasteiger partial charge in [0, 0.05) is 18.8 Å². The molecule has 0 aromatic heterocycles. The molecule has 0 amide bonds. The Kier molecular flexibility index (Phi) is 4.48. The first kappa shape index (κ1) is 14.7. The SMILES string of the molecule is C=CCN(CC)S(=O)(=O)c1cc(N)cc(C)c1F. The predicted molar refractivity (Wildman–Crippen MR) is 70.2 cm³/mol. The fourth-order valence-corrected chi connectivity index (χ4v) is 3.22. The summed E-state index contributed by atoms with van der Waals surface area (Å²) in [7, 11) is -3.88. The van der Waals surface area contributed by atoms with Crippen LogP contribution in [0, 0.1) is 12.7 Å². The molecule has 0 bridgehead atoms. The van der Waals surface area contributed by atoms with Gasteiger partial charge in [-0.2, -0.15) is 4.31 Å². The molecule has 2 N–H and O–H groups in total. The Balaban J connectivity index is 3.40. The van der Waals surface area contributed by atoms with Crippen molar-refractivity contribution in [1.82, 2.24) is 4.31 Å². The van der Waals surface area contributed by atoms with Gasteiger partial charge in [0.25, 0.3) is 0 Å². The van der Waals surface area contributed by atoms with Gasteiger partial charge in [0.1, 0.15) is 10.7 Å². The predicted octanol–water partition coefficient (Wildman–Crippen LogP) is 1.91. The molecule has 0 spiro atoms. The molecule has 1 aromatic rings. The Labute approximate surface area is 107 Å². The van der Waals surface area contributed by atoms with E-state index >= 15 is 0 Å². The first-order chi connectivity index (χ1) is 8.34. The van der Waals surface area contributed by atoms with Gasteiger partial charge in [-0.25, -0.2) is 12.8 Å². The minimum absolute atomic E-state index is 0.131. The van der Waals surface area contributed by atoms with Crippen LogP contribution in [0.1, 0.15) is 12.5 Å². The number of nitrogen functional groups attached to an aromatic ring is 1. The number of benzene rings is 1. The van der Waals surface area contributed by atoms with Gasteiger partial charge >= 0.3 is 0 Å². The third-order valence-electron chi connectivity index (χ3n) is 2.55. The van der Waals surface area contributed by atoms with Gasteiger partial charge < -0.3 is 5.73 Å². The second kappa shape index (κ2) is 5.49. The number of nitrogens with zero attached hydrogens (tertiary/aromatic N) is 1. The number of aryl methyl sites for hydroxylation is 1. The van der Waals surface area contributed by atoms with Crippen LogP contribution in [-0.4, -0.2) is 25.8 Å². The molecular weight excluding hydrogens is 255 g/mol. The number of hydrogen-bond acceptors (Lipinski definition) is 3. The summed E-state index contributed by atoms with van der Waals surface area (Å²) in [6.45, 7) is 7.02. The highest BCUT2D eigenvalue weighted by Crippen LogP contribution is 2.24. The lowest BCUT2D eigenvalue weighted by Gasteiger charge is -2.19. The van der Waals surface area contributed by atoms with Crippen molar-refractivity contribution in [2.45, 2.75) is 18.7 Å². The van der Waals surface area contributed by atoms with E-state index in [1.807, 2.05) is 0 Å². The molecule has 6 heteroatoms. The molecule has 0 radical (unpaired) electrons. The van der Waals surface area contributed by atoms with Gasteiger partial charge in [-0.15, -0.1) is 6.58 Å². The molecule has 0 heterocycles. The first-order valence-corrected chi connectivity index (χ1v) is 6.95. The van der Waals surface area contributed by atoms with Gasteiger partial charge in [-0.3, -0.25) is 0 Å². The normalized spacial score (nSPS) is 11.8. The van der Waals surface area contributed by atoms with Crippen LogP contribution >= 0.6 is 0 Å². The number of rotatable bonds is 5. The second-order valence-corrected chi connectivity index (χ2v) is 5.80. The lowest BCUT2D eigenvalue weighted by Crippen LogP contribution is -2.31. The van der Waals surface area contributed by atoms with E-state index in [-0.39, 0.29) is 29.2 Å². The summed E-state index contributed by atoms with van der Waals surface area (Å²) in [5, 5.41) is 0. The third kappa shape index (κ3) is 2.70. The molecule has 0 saturated carbocycles. The average Bonchev–Trinajstić information content (AvgIpc) is 2.30. The fraction of sp³-hybridized carbons (Fsp3) is 0.333. The maximum absolute atomic E-state index is 13.9. The van der Waals surface area contributed by atoms with Crippen LogP contribution < -0.4 is 5.73 Å². The number of halogens is 1. The number of sulfonamides is 1. The molecule has 100 valence electrons. The van der Waals surface area contributed by atoms with Crippen LogP contribution in [-0.2, 0) is 10.0 Å². The van der Waals surface area contributed by atoms with Gasteiger partial charge in [-0.1, -0.05) is 13.0 Å². The van der Waals surface area contributed by atoms with Crippen molar-refractivity contribution in [2.24, 2.45) is 0 Å². The van der Waals surface area contributed by atoms with Crippen LogP contribution in [0.25, 0.3) is 0 Å². The van der Waals surface area contributed by atoms with Crippen molar-refractivity contribution in [3.8, 4) is 0 Å². The smallest absolute Gasteiger partial charge is 0.246 e. The summed E-state index contributed by atoms with van der Waals surface area (Å²) in [5.74, 6) is -0.758. The highest BCUT2D eigenvalue weighted by molar-refractivity contribution is 7.89. The summed E-state index contributed by atoms with van der Waals surface area (Å²) < 4.78 is 39.6. The van der Waals surface area contributed by atoms with Crippen LogP contribution in [0.15, 0.2) is 29.7 Å². The molecule has 0 fully saturated rings.